The Morgan fingerprint density at radius 2 is 1.73 bits per heavy atom. The first-order chi connectivity index (χ1) is 14.5. The van der Waals surface area contributed by atoms with Gasteiger partial charge in [-0.05, 0) is 49.7 Å². The molecule has 4 heteroatoms. The smallest absolute Gasteiger partial charge is 0.252 e. The monoisotopic (exact) mass is 396 g/mol. The Morgan fingerprint density at radius 3 is 2.47 bits per heavy atom. The van der Waals surface area contributed by atoms with Crippen LogP contribution in [0.25, 0.3) is 22.2 Å². The van der Waals surface area contributed by atoms with Crippen LogP contribution >= 0.6 is 0 Å². The van der Waals surface area contributed by atoms with Gasteiger partial charge in [-0.3, -0.25) is 4.79 Å². The van der Waals surface area contributed by atoms with Crippen LogP contribution in [0.2, 0.25) is 0 Å². The molecule has 0 radical (unpaired) electrons. The van der Waals surface area contributed by atoms with Crippen molar-refractivity contribution in [2.45, 2.75) is 19.9 Å². The fraction of sp³-hybridized carbons (Fsp3) is 0.154. The Morgan fingerprint density at radius 1 is 0.967 bits per heavy atom. The minimum atomic E-state index is -0.141. The molecule has 1 N–H and O–H groups in total. The zero-order valence-electron chi connectivity index (χ0n) is 17.3. The highest BCUT2D eigenvalue weighted by Gasteiger charge is 2.17. The van der Waals surface area contributed by atoms with E-state index in [4.69, 9.17) is 9.72 Å². The molecule has 0 fully saturated rings. The Hall–Kier alpha value is -3.66. The number of fused-ring (bicyclic) bond motifs is 1. The first-order valence-corrected chi connectivity index (χ1v) is 9.97. The van der Waals surface area contributed by atoms with Crippen LogP contribution in [0.5, 0.6) is 5.75 Å². The van der Waals surface area contributed by atoms with Gasteiger partial charge in [0.25, 0.3) is 5.91 Å². The zero-order chi connectivity index (χ0) is 21.1. The van der Waals surface area contributed by atoms with E-state index in [1.54, 1.807) is 7.11 Å². The lowest BCUT2D eigenvalue weighted by Gasteiger charge is -2.16. The van der Waals surface area contributed by atoms with Gasteiger partial charge in [0.15, 0.2) is 0 Å². The molecule has 3 aromatic carbocycles. The third-order valence-corrected chi connectivity index (χ3v) is 5.24. The standard InChI is InChI=1S/C26H24N2O2/c1-17-7-6-8-20(15-17)25-16-23(22-9-4-5-10-24(22)28-25)26(29)27-18(2)19-11-13-21(30-3)14-12-19/h4-16,18H,1-3H3,(H,27,29)/t18-/m0/s1. The summed E-state index contributed by atoms with van der Waals surface area (Å²) in [5.74, 6) is 0.672. The number of benzene rings is 3. The van der Waals surface area contributed by atoms with Gasteiger partial charge < -0.3 is 10.1 Å². The van der Waals surface area contributed by atoms with Crippen molar-refractivity contribution in [2.75, 3.05) is 7.11 Å². The van der Waals surface area contributed by atoms with Crippen LogP contribution in [-0.4, -0.2) is 18.0 Å². The van der Waals surface area contributed by atoms with E-state index in [-0.39, 0.29) is 11.9 Å². The molecule has 0 saturated heterocycles. The predicted molar refractivity (Wildman–Crippen MR) is 121 cm³/mol. The molecule has 0 saturated carbocycles. The summed E-state index contributed by atoms with van der Waals surface area (Å²) >= 11 is 0. The highest BCUT2D eigenvalue weighted by atomic mass is 16.5. The number of aromatic nitrogens is 1. The minimum Gasteiger partial charge on any atom is -0.497 e. The van der Waals surface area contributed by atoms with Gasteiger partial charge in [-0.25, -0.2) is 4.98 Å². The molecule has 4 rings (SSSR count). The predicted octanol–water partition coefficient (Wildman–Crippen LogP) is 5.71. The molecule has 0 spiro atoms. The second-order valence-corrected chi connectivity index (χ2v) is 7.41. The van der Waals surface area contributed by atoms with Crippen molar-refractivity contribution in [3.05, 3.63) is 95.6 Å². The van der Waals surface area contributed by atoms with Gasteiger partial charge in [-0.2, -0.15) is 0 Å². The van der Waals surface area contributed by atoms with Crippen molar-refractivity contribution in [3.63, 3.8) is 0 Å². The number of ether oxygens (including phenoxy) is 1. The lowest BCUT2D eigenvalue weighted by Crippen LogP contribution is -2.27. The summed E-state index contributed by atoms with van der Waals surface area (Å²) < 4.78 is 5.22. The van der Waals surface area contributed by atoms with Crippen molar-refractivity contribution in [1.82, 2.24) is 10.3 Å². The zero-order valence-corrected chi connectivity index (χ0v) is 17.3. The molecular weight excluding hydrogens is 372 g/mol. The summed E-state index contributed by atoms with van der Waals surface area (Å²) in [4.78, 5) is 18.0. The first kappa shape index (κ1) is 19.6. The number of nitrogens with zero attached hydrogens (tertiary/aromatic N) is 1. The molecule has 0 unspecified atom stereocenters. The molecule has 1 heterocycles. The van der Waals surface area contributed by atoms with Crippen LogP contribution in [0.3, 0.4) is 0 Å². The van der Waals surface area contributed by atoms with E-state index in [1.165, 1.54) is 0 Å². The topological polar surface area (TPSA) is 51.2 Å². The molecule has 150 valence electrons. The molecule has 0 bridgehead atoms. The molecule has 0 aliphatic rings. The number of methoxy groups -OCH3 is 1. The molecule has 0 aliphatic carbocycles. The average Bonchev–Trinajstić information content (AvgIpc) is 2.78. The number of aryl methyl sites for hydroxylation is 1. The largest absolute Gasteiger partial charge is 0.497 e. The molecular formula is C26H24N2O2. The Kier molecular flexibility index (Phi) is 5.48. The van der Waals surface area contributed by atoms with Gasteiger partial charge in [-0.15, -0.1) is 0 Å². The second-order valence-electron chi connectivity index (χ2n) is 7.41. The van der Waals surface area contributed by atoms with Crippen molar-refractivity contribution in [1.29, 1.82) is 0 Å². The van der Waals surface area contributed by atoms with E-state index in [9.17, 15) is 4.79 Å². The van der Waals surface area contributed by atoms with E-state index >= 15 is 0 Å². The summed E-state index contributed by atoms with van der Waals surface area (Å²) in [6.45, 7) is 4.03. The third kappa shape index (κ3) is 4.03. The molecule has 1 amide bonds. The maximum atomic E-state index is 13.3. The lowest BCUT2D eigenvalue weighted by atomic mass is 10.0. The quantitative estimate of drug-likeness (QED) is 0.470. The van der Waals surface area contributed by atoms with E-state index < -0.39 is 0 Å². The van der Waals surface area contributed by atoms with Gasteiger partial charge in [0.1, 0.15) is 5.75 Å². The summed E-state index contributed by atoms with van der Waals surface area (Å²) in [6.07, 6.45) is 0. The number of pyridine rings is 1. The number of amides is 1. The minimum absolute atomic E-state index is 0.120. The Bertz CT molecular complexity index is 1200. The maximum Gasteiger partial charge on any atom is 0.252 e. The number of carbonyl (C=O) groups excluding carboxylic acids is 1. The second kappa shape index (κ2) is 8.37. The van der Waals surface area contributed by atoms with E-state index in [2.05, 4.69) is 24.4 Å². The van der Waals surface area contributed by atoms with Gasteiger partial charge in [0, 0.05) is 10.9 Å². The third-order valence-electron chi connectivity index (χ3n) is 5.24. The average molecular weight is 396 g/mol. The van der Waals surface area contributed by atoms with Crippen LogP contribution in [0.1, 0.15) is 34.5 Å². The van der Waals surface area contributed by atoms with Crippen molar-refractivity contribution < 1.29 is 9.53 Å². The molecule has 4 aromatic rings. The van der Waals surface area contributed by atoms with Gasteiger partial charge >= 0.3 is 0 Å². The summed E-state index contributed by atoms with van der Waals surface area (Å²) in [7, 11) is 1.64. The van der Waals surface area contributed by atoms with Crippen molar-refractivity contribution in [3.8, 4) is 17.0 Å². The van der Waals surface area contributed by atoms with Crippen molar-refractivity contribution in [2.24, 2.45) is 0 Å². The molecule has 1 atom stereocenters. The number of rotatable bonds is 5. The molecule has 30 heavy (non-hydrogen) atoms. The summed E-state index contributed by atoms with van der Waals surface area (Å²) in [6, 6.07) is 25.4. The fourth-order valence-electron chi connectivity index (χ4n) is 3.57. The van der Waals surface area contributed by atoms with Crippen LogP contribution in [0, 0.1) is 6.92 Å². The highest BCUT2D eigenvalue weighted by Crippen LogP contribution is 2.26. The molecule has 4 nitrogen and oxygen atoms in total. The van der Waals surface area contributed by atoms with Gasteiger partial charge in [0.2, 0.25) is 0 Å². The number of hydrogen-bond acceptors (Lipinski definition) is 3. The summed E-state index contributed by atoms with van der Waals surface area (Å²) in [5.41, 5.74) is 5.39. The molecule has 0 aliphatic heterocycles. The van der Waals surface area contributed by atoms with Crippen LogP contribution in [0.4, 0.5) is 0 Å². The van der Waals surface area contributed by atoms with Gasteiger partial charge in [-0.1, -0.05) is 54.1 Å². The van der Waals surface area contributed by atoms with Gasteiger partial charge in [0.05, 0.1) is 29.9 Å². The number of hydrogen-bond donors (Lipinski definition) is 1. The first-order valence-electron chi connectivity index (χ1n) is 9.97. The molecule has 1 aromatic heterocycles. The Balaban J connectivity index is 1.70. The number of carbonyl (C=O) groups is 1. The highest BCUT2D eigenvalue weighted by molar-refractivity contribution is 6.07. The summed E-state index contributed by atoms with van der Waals surface area (Å²) in [5, 5.41) is 3.97. The number of nitrogens with one attached hydrogen (secondary N) is 1. The van der Waals surface area contributed by atoms with E-state index in [0.29, 0.717) is 5.56 Å². The fourth-order valence-corrected chi connectivity index (χ4v) is 3.57. The van der Waals surface area contributed by atoms with Crippen LogP contribution in [0.15, 0.2) is 78.9 Å². The lowest BCUT2D eigenvalue weighted by molar-refractivity contribution is 0.0941. The Labute approximate surface area is 176 Å². The SMILES string of the molecule is COc1ccc([C@H](C)NC(=O)c2cc(-c3cccc(C)c3)nc3ccccc23)cc1. The normalized spacial score (nSPS) is 11.8. The van der Waals surface area contributed by atoms with Crippen molar-refractivity contribution >= 4 is 16.8 Å². The van der Waals surface area contributed by atoms with Crippen LogP contribution in [-0.2, 0) is 0 Å². The van der Waals surface area contributed by atoms with Crippen LogP contribution < -0.4 is 10.1 Å². The van der Waals surface area contributed by atoms with E-state index in [1.807, 2.05) is 73.7 Å². The number of para-hydroxylation sites is 1. The van der Waals surface area contributed by atoms with E-state index in [0.717, 1.165) is 39.0 Å². The maximum absolute atomic E-state index is 13.3.